The van der Waals surface area contributed by atoms with E-state index in [0.717, 1.165) is 45.6 Å². The van der Waals surface area contributed by atoms with Gasteiger partial charge >= 0.3 is 0 Å². The van der Waals surface area contributed by atoms with Crippen molar-refractivity contribution in [1.82, 2.24) is 14.5 Å². The molecule has 1 N–H and O–H groups in total. The molecule has 0 radical (unpaired) electrons. The number of carbonyl (C=O) groups is 1. The normalized spacial score (nSPS) is 11.5. The van der Waals surface area contributed by atoms with Crippen molar-refractivity contribution in [3.05, 3.63) is 59.3 Å². The zero-order valence-electron chi connectivity index (χ0n) is 15.9. The van der Waals surface area contributed by atoms with E-state index in [4.69, 9.17) is 4.98 Å². The largest absolute Gasteiger partial charge is 0.360 e. The highest BCUT2D eigenvalue weighted by atomic mass is 32.2. The maximum atomic E-state index is 12.9. The van der Waals surface area contributed by atoms with Crippen molar-refractivity contribution >= 4 is 39.5 Å². The molecule has 138 valence electrons. The summed E-state index contributed by atoms with van der Waals surface area (Å²) in [6.07, 6.45) is 2.79. The Bertz CT molecular complexity index is 1140. The number of imidazole rings is 1. The Morgan fingerprint density at radius 3 is 2.85 bits per heavy atom. The van der Waals surface area contributed by atoms with Gasteiger partial charge in [0.1, 0.15) is 0 Å². The van der Waals surface area contributed by atoms with Gasteiger partial charge in [0.2, 0.25) is 0 Å². The maximum absolute atomic E-state index is 12.9. The van der Waals surface area contributed by atoms with Gasteiger partial charge in [-0.2, -0.15) is 0 Å². The molecule has 0 aliphatic carbocycles. The van der Waals surface area contributed by atoms with Crippen molar-refractivity contribution in [2.24, 2.45) is 0 Å². The van der Waals surface area contributed by atoms with Gasteiger partial charge in [-0.05, 0) is 43.5 Å². The number of hydrogen-bond donors (Lipinski definition) is 1. The molecule has 5 heteroatoms. The monoisotopic (exact) mass is 377 g/mol. The summed E-state index contributed by atoms with van der Waals surface area (Å²) in [6, 6.07) is 12.5. The second-order valence-corrected chi connectivity index (χ2v) is 7.68. The summed E-state index contributed by atoms with van der Waals surface area (Å²) < 4.78 is 2.18. The molecule has 0 saturated carbocycles. The third kappa shape index (κ3) is 3.16. The Kier molecular flexibility index (Phi) is 4.79. The molecule has 4 aromatic rings. The number of Topliss-reactive ketones (excluding diaryl/α,β-unsaturated/α-hetero) is 1. The van der Waals surface area contributed by atoms with Crippen LogP contribution in [-0.2, 0) is 13.0 Å². The number of H-pyrrole nitrogens is 1. The summed E-state index contributed by atoms with van der Waals surface area (Å²) >= 11 is 1.52. The van der Waals surface area contributed by atoms with Crippen molar-refractivity contribution < 1.29 is 4.79 Å². The summed E-state index contributed by atoms with van der Waals surface area (Å²) in [7, 11) is 0. The molecule has 2 aromatic heterocycles. The molecular formula is C22H23N3OS. The zero-order chi connectivity index (χ0) is 19.0. The molecular weight excluding hydrogens is 354 g/mol. The number of aromatic nitrogens is 3. The van der Waals surface area contributed by atoms with Gasteiger partial charge < -0.3 is 9.55 Å². The Morgan fingerprint density at radius 1 is 1.22 bits per heavy atom. The Morgan fingerprint density at radius 2 is 2.07 bits per heavy atom. The highest BCUT2D eigenvalue weighted by Gasteiger charge is 2.16. The summed E-state index contributed by atoms with van der Waals surface area (Å²) in [5.74, 6) is 0.511. The molecule has 0 spiro atoms. The van der Waals surface area contributed by atoms with Crippen LogP contribution >= 0.6 is 11.8 Å². The first-order valence-corrected chi connectivity index (χ1v) is 10.3. The van der Waals surface area contributed by atoms with E-state index in [0.29, 0.717) is 5.75 Å². The average Bonchev–Trinajstić information content (AvgIpc) is 3.26. The van der Waals surface area contributed by atoms with Gasteiger partial charge in [-0.15, -0.1) is 0 Å². The molecule has 0 unspecified atom stereocenters. The SMILES string of the molecule is CCc1cccc2c(C(=O)CSc3nc4cc(C)ccc4n3CC)c[nH]c12. The summed E-state index contributed by atoms with van der Waals surface area (Å²) in [5.41, 5.74) is 6.39. The van der Waals surface area contributed by atoms with E-state index in [-0.39, 0.29) is 5.78 Å². The molecule has 0 bridgehead atoms. The highest BCUT2D eigenvalue weighted by molar-refractivity contribution is 7.99. The van der Waals surface area contributed by atoms with Crippen LogP contribution in [0.3, 0.4) is 0 Å². The molecule has 27 heavy (non-hydrogen) atoms. The highest BCUT2D eigenvalue weighted by Crippen LogP contribution is 2.27. The van der Waals surface area contributed by atoms with E-state index in [9.17, 15) is 4.79 Å². The number of rotatable bonds is 6. The van der Waals surface area contributed by atoms with Crippen LogP contribution in [0.5, 0.6) is 0 Å². The number of benzene rings is 2. The average molecular weight is 378 g/mol. The van der Waals surface area contributed by atoms with Gasteiger partial charge in [0.25, 0.3) is 0 Å². The first-order chi connectivity index (χ1) is 13.1. The standard InChI is InChI=1S/C22H23N3OS/c1-4-15-7-6-8-16-17(12-23-21(15)16)20(26)13-27-22-24-18-11-14(3)9-10-19(18)25(22)5-2/h6-12,23H,4-5,13H2,1-3H3. The van der Waals surface area contributed by atoms with E-state index in [1.807, 2.05) is 18.3 Å². The maximum Gasteiger partial charge on any atom is 0.175 e. The van der Waals surface area contributed by atoms with Crippen molar-refractivity contribution in [1.29, 1.82) is 0 Å². The van der Waals surface area contributed by atoms with Crippen molar-refractivity contribution in [3.8, 4) is 0 Å². The van der Waals surface area contributed by atoms with Crippen LogP contribution in [0.15, 0.2) is 47.8 Å². The minimum Gasteiger partial charge on any atom is -0.360 e. The molecule has 0 amide bonds. The van der Waals surface area contributed by atoms with Crippen LogP contribution in [0, 0.1) is 6.92 Å². The molecule has 4 rings (SSSR count). The Hall–Kier alpha value is -2.53. The predicted molar refractivity (Wildman–Crippen MR) is 113 cm³/mol. The number of carbonyl (C=O) groups excluding carboxylic acids is 1. The summed E-state index contributed by atoms with van der Waals surface area (Å²) in [5, 5.41) is 1.92. The number of nitrogens with zero attached hydrogens (tertiary/aromatic N) is 2. The first kappa shape index (κ1) is 17.9. The van der Waals surface area contributed by atoms with Crippen LogP contribution in [0.4, 0.5) is 0 Å². The minimum atomic E-state index is 0.130. The van der Waals surface area contributed by atoms with Crippen LogP contribution in [0.2, 0.25) is 0 Å². The molecule has 2 heterocycles. The van der Waals surface area contributed by atoms with E-state index in [2.05, 4.69) is 54.6 Å². The third-order valence-electron chi connectivity index (χ3n) is 5.00. The van der Waals surface area contributed by atoms with Crippen LogP contribution in [0.25, 0.3) is 21.9 Å². The van der Waals surface area contributed by atoms with E-state index in [1.54, 1.807) is 0 Å². The Labute approximate surface area is 163 Å². The topological polar surface area (TPSA) is 50.7 Å². The molecule has 2 aromatic carbocycles. The number of thioether (sulfide) groups is 1. The lowest BCUT2D eigenvalue weighted by molar-refractivity contribution is 0.102. The molecule has 0 atom stereocenters. The van der Waals surface area contributed by atoms with Gasteiger partial charge in [0.15, 0.2) is 10.9 Å². The number of ketones is 1. The van der Waals surface area contributed by atoms with Gasteiger partial charge in [0, 0.05) is 29.2 Å². The fourth-order valence-electron chi connectivity index (χ4n) is 3.58. The Balaban J connectivity index is 1.61. The van der Waals surface area contributed by atoms with Crippen LogP contribution in [0.1, 0.15) is 35.3 Å². The van der Waals surface area contributed by atoms with Gasteiger partial charge in [-0.3, -0.25) is 4.79 Å². The lowest BCUT2D eigenvalue weighted by Gasteiger charge is -2.05. The van der Waals surface area contributed by atoms with Crippen molar-refractivity contribution in [3.63, 3.8) is 0 Å². The second kappa shape index (κ2) is 7.24. The second-order valence-electron chi connectivity index (χ2n) is 6.74. The number of nitrogens with one attached hydrogen (secondary N) is 1. The van der Waals surface area contributed by atoms with Crippen LogP contribution in [-0.4, -0.2) is 26.1 Å². The molecule has 0 aliphatic rings. The van der Waals surface area contributed by atoms with Gasteiger partial charge in [0.05, 0.1) is 16.8 Å². The molecule has 0 saturated heterocycles. The summed E-state index contributed by atoms with van der Waals surface area (Å²) in [4.78, 5) is 20.9. The molecule has 0 fully saturated rings. The lowest BCUT2D eigenvalue weighted by Crippen LogP contribution is -2.04. The van der Waals surface area contributed by atoms with E-state index >= 15 is 0 Å². The number of aromatic amines is 1. The van der Waals surface area contributed by atoms with E-state index < -0.39 is 0 Å². The molecule has 4 nitrogen and oxygen atoms in total. The zero-order valence-corrected chi connectivity index (χ0v) is 16.7. The minimum absolute atomic E-state index is 0.130. The van der Waals surface area contributed by atoms with Gasteiger partial charge in [-0.1, -0.05) is 43.0 Å². The number of hydrogen-bond acceptors (Lipinski definition) is 3. The summed E-state index contributed by atoms with van der Waals surface area (Å²) in [6.45, 7) is 7.15. The van der Waals surface area contributed by atoms with Gasteiger partial charge in [-0.25, -0.2) is 4.98 Å². The fourth-order valence-corrected chi connectivity index (χ4v) is 4.55. The first-order valence-electron chi connectivity index (χ1n) is 9.34. The van der Waals surface area contributed by atoms with Crippen LogP contribution < -0.4 is 0 Å². The fraction of sp³-hybridized carbons (Fsp3) is 0.273. The third-order valence-corrected chi connectivity index (χ3v) is 5.98. The number of aryl methyl sites for hydroxylation is 3. The van der Waals surface area contributed by atoms with Crippen molar-refractivity contribution in [2.45, 2.75) is 38.9 Å². The molecule has 0 aliphatic heterocycles. The quantitative estimate of drug-likeness (QED) is 0.362. The number of para-hydroxylation sites is 1. The number of fused-ring (bicyclic) bond motifs is 2. The van der Waals surface area contributed by atoms with E-state index in [1.165, 1.54) is 22.9 Å². The van der Waals surface area contributed by atoms with Crippen molar-refractivity contribution in [2.75, 3.05) is 5.75 Å². The lowest BCUT2D eigenvalue weighted by atomic mass is 10.1. The smallest absolute Gasteiger partial charge is 0.175 e. The predicted octanol–water partition coefficient (Wildman–Crippen LogP) is 5.38.